The second-order valence-electron chi connectivity index (χ2n) is 4.16. The van der Waals surface area contributed by atoms with E-state index in [4.69, 9.17) is 9.79 Å². The van der Waals surface area contributed by atoms with Crippen molar-refractivity contribution in [1.29, 1.82) is 0 Å². The molecule has 0 aromatic carbocycles. The molecule has 0 aromatic rings. The van der Waals surface area contributed by atoms with E-state index < -0.39 is 26.7 Å². The molecule has 4 N–H and O–H groups in total. The predicted octanol–water partition coefficient (Wildman–Crippen LogP) is 0.374. The summed E-state index contributed by atoms with van der Waals surface area (Å²) >= 11 is 0. The Morgan fingerprint density at radius 2 is 1.72 bits per heavy atom. The lowest BCUT2D eigenvalue weighted by Gasteiger charge is -2.32. The van der Waals surface area contributed by atoms with Gasteiger partial charge < -0.3 is 29.2 Å². The average molecular weight is 305 g/mol. The van der Waals surface area contributed by atoms with Crippen molar-refractivity contribution in [2.75, 3.05) is 27.2 Å². The monoisotopic (exact) mass is 305 g/mol. The fourth-order valence-electron chi connectivity index (χ4n) is 1.36. The van der Waals surface area contributed by atoms with E-state index in [1.165, 1.54) is 6.92 Å². The molecule has 0 saturated carbocycles. The molecule has 0 heterocycles. The highest BCUT2D eigenvalue weighted by Crippen LogP contribution is 2.71. The average Bonchev–Trinajstić information content (AvgIpc) is 2.14. The van der Waals surface area contributed by atoms with Gasteiger partial charge in [0, 0.05) is 6.42 Å². The highest BCUT2D eigenvalue weighted by Gasteiger charge is 2.60. The van der Waals surface area contributed by atoms with Crippen LogP contribution in [0.25, 0.3) is 0 Å². The highest BCUT2D eigenvalue weighted by atomic mass is 31.2. The van der Waals surface area contributed by atoms with Gasteiger partial charge >= 0.3 is 15.2 Å². The van der Waals surface area contributed by atoms with E-state index in [-0.39, 0.29) is 13.0 Å². The summed E-state index contributed by atoms with van der Waals surface area (Å²) in [5.74, 6) is 0. The van der Waals surface area contributed by atoms with Crippen molar-refractivity contribution < 1.29 is 33.4 Å². The molecule has 0 saturated heterocycles. The number of rotatable bonds is 8. The van der Waals surface area contributed by atoms with Crippen LogP contribution < -0.4 is 0 Å². The first kappa shape index (κ1) is 18.2. The van der Waals surface area contributed by atoms with Gasteiger partial charge in [0.2, 0.25) is 0 Å². The van der Waals surface area contributed by atoms with E-state index in [2.05, 4.69) is 4.52 Å². The molecule has 10 heteroatoms. The Bertz CT molecular complexity index is 355. The lowest BCUT2D eigenvalue weighted by atomic mass is 10.3. The zero-order valence-electron chi connectivity index (χ0n) is 10.7. The third kappa shape index (κ3) is 4.40. The summed E-state index contributed by atoms with van der Waals surface area (Å²) in [5, 5.41) is 6.85. The van der Waals surface area contributed by atoms with Crippen molar-refractivity contribution in [3.63, 3.8) is 0 Å². The SMILES string of the molecule is CCOP(=O)(O)C(O)(CCCN(C)C)P(=O)(O)O. The van der Waals surface area contributed by atoms with Crippen molar-refractivity contribution >= 4 is 15.2 Å². The van der Waals surface area contributed by atoms with Gasteiger partial charge in [0.05, 0.1) is 6.61 Å². The van der Waals surface area contributed by atoms with E-state index in [0.29, 0.717) is 6.54 Å². The molecule has 0 spiro atoms. The minimum atomic E-state index is -5.20. The van der Waals surface area contributed by atoms with Gasteiger partial charge in [0.25, 0.3) is 5.08 Å². The Labute approximate surface area is 106 Å². The van der Waals surface area contributed by atoms with Crippen LogP contribution in [0.3, 0.4) is 0 Å². The third-order valence-corrected chi connectivity index (χ3v) is 6.77. The molecule has 0 fully saturated rings. The summed E-state index contributed by atoms with van der Waals surface area (Å²) in [6.45, 7) is 1.57. The van der Waals surface area contributed by atoms with Crippen LogP contribution in [-0.2, 0) is 13.7 Å². The maximum atomic E-state index is 11.7. The van der Waals surface area contributed by atoms with Crippen molar-refractivity contribution in [3.8, 4) is 0 Å². The topological polar surface area (TPSA) is 128 Å². The summed E-state index contributed by atoms with van der Waals surface area (Å²) in [6, 6.07) is 0. The molecule has 8 nitrogen and oxygen atoms in total. The molecule has 0 radical (unpaired) electrons. The van der Waals surface area contributed by atoms with Gasteiger partial charge in [-0.05, 0) is 34.0 Å². The van der Waals surface area contributed by atoms with E-state index in [1.54, 1.807) is 19.0 Å². The maximum Gasteiger partial charge on any atom is 0.371 e. The summed E-state index contributed by atoms with van der Waals surface area (Å²) in [7, 11) is -6.55. The number of hydrogen-bond acceptors (Lipinski definition) is 5. The molecule has 0 aliphatic carbocycles. The Morgan fingerprint density at radius 1 is 1.22 bits per heavy atom. The first-order chi connectivity index (χ1) is 7.98. The van der Waals surface area contributed by atoms with E-state index in [1.807, 2.05) is 0 Å². The molecular weight excluding hydrogens is 284 g/mol. The van der Waals surface area contributed by atoms with Crippen LogP contribution >= 0.6 is 15.2 Å². The Kier molecular flexibility index (Phi) is 6.67. The lowest BCUT2D eigenvalue weighted by Crippen LogP contribution is -2.31. The molecule has 0 bridgehead atoms. The minimum Gasteiger partial charge on any atom is -0.368 e. The predicted molar refractivity (Wildman–Crippen MR) is 66.2 cm³/mol. The Balaban J connectivity index is 5.09. The van der Waals surface area contributed by atoms with Crippen molar-refractivity contribution in [2.45, 2.75) is 24.8 Å². The molecule has 0 aliphatic heterocycles. The molecule has 0 aliphatic rings. The zero-order valence-corrected chi connectivity index (χ0v) is 12.5. The molecule has 18 heavy (non-hydrogen) atoms. The summed E-state index contributed by atoms with van der Waals surface area (Å²) < 4.78 is 27.4. The van der Waals surface area contributed by atoms with Crippen LogP contribution in [0, 0.1) is 0 Å². The van der Waals surface area contributed by atoms with Crippen molar-refractivity contribution in [1.82, 2.24) is 4.90 Å². The van der Waals surface area contributed by atoms with E-state index >= 15 is 0 Å². The highest BCUT2D eigenvalue weighted by molar-refractivity contribution is 7.72. The normalized spacial score (nSPS) is 19.6. The second kappa shape index (κ2) is 6.59. The van der Waals surface area contributed by atoms with Crippen LogP contribution in [0.15, 0.2) is 0 Å². The molecule has 0 aromatic heterocycles. The van der Waals surface area contributed by atoms with Gasteiger partial charge in [0.15, 0.2) is 0 Å². The molecule has 0 rings (SSSR count). The van der Waals surface area contributed by atoms with Gasteiger partial charge in [-0.1, -0.05) is 0 Å². The van der Waals surface area contributed by atoms with E-state index in [9.17, 15) is 19.1 Å². The fourth-order valence-corrected chi connectivity index (χ4v) is 4.30. The van der Waals surface area contributed by atoms with Gasteiger partial charge in [-0.15, -0.1) is 0 Å². The summed E-state index contributed by atoms with van der Waals surface area (Å²) in [4.78, 5) is 29.4. The fraction of sp³-hybridized carbons (Fsp3) is 1.00. The third-order valence-electron chi connectivity index (χ3n) is 2.34. The standard InChI is InChI=1S/C8H21NO7P2/c1-4-16-18(14,15)8(10,17(11,12)13)6-5-7-9(2)3/h10H,4-7H2,1-3H3,(H,14,15)(H2,11,12,13). The van der Waals surface area contributed by atoms with Crippen LogP contribution in [0.5, 0.6) is 0 Å². The van der Waals surface area contributed by atoms with E-state index in [0.717, 1.165) is 0 Å². The first-order valence-electron chi connectivity index (χ1n) is 5.38. The number of nitrogens with zero attached hydrogens (tertiary/aromatic N) is 1. The van der Waals surface area contributed by atoms with Crippen LogP contribution in [-0.4, -0.2) is 57.0 Å². The largest absolute Gasteiger partial charge is 0.371 e. The number of aliphatic hydroxyl groups is 1. The van der Waals surface area contributed by atoms with Crippen molar-refractivity contribution in [3.05, 3.63) is 0 Å². The summed E-state index contributed by atoms with van der Waals surface area (Å²) in [6.07, 6.45) is -0.379. The molecule has 2 atom stereocenters. The second-order valence-corrected chi connectivity index (χ2v) is 8.38. The van der Waals surface area contributed by atoms with Gasteiger partial charge in [-0.3, -0.25) is 9.13 Å². The molecule has 110 valence electrons. The smallest absolute Gasteiger partial charge is 0.368 e. The maximum absolute atomic E-state index is 11.7. The molecule has 2 unspecified atom stereocenters. The van der Waals surface area contributed by atoms with Gasteiger partial charge in [-0.25, -0.2) is 0 Å². The Morgan fingerprint density at radius 3 is 2.06 bits per heavy atom. The zero-order chi connectivity index (χ0) is 14.6. The molecule has 0 amide bonds. The van der Waals surface area contributed by atoms with Crippen molar-refractivity contribution in [2.24, 2.45) is 0 Å². The van der Waals surface area contributed by atoms with Crippen LogP contribution in [0.1, 0.15) is 19.8 Å². The van der Waals surface area contributed by atoms with Gasteiger partial charge in [-0.2, -0.15) is 0 Å². The first-order valence-corrected chi connectivity index (χ1v) is 8.57. The van der Waals surface area contributed by atoms with Gasteiger partial charge in [0.1, 0.15) is 0 Å². The minimum absolute atomic E-state index is 0.145. The summed E-state index contributed by atoms with van der Waals surface area (Å²) in [5.41, 5.74) is 0. The quantitative estimate of drug-likeness (QED) is 0.474. The Hall–Kier alpha value is 0.220. The van der Waals surface area contributed by atoms with Crippen LogP contribution in [0.4, 0.5) is 0 Å². The molecular formula is C8H21NO7P2. The lowest BCUT2D eigenvalue weighted by molar-refractivity contribution is 0.106. The van der Waals surface area contributed by atoms with Crippen LogP contribution in [0.2, 0.25) is 0 Å². The number of hydrogen-bond donors (Lipinski definition) is 4.